The molecular formula is C19H17N5O2S. The number of methoxy groups -OCH3 is 1. The first-order valence-corrected chi connectivity index (χ1v) is 9.12. The summed E-state index contributed by atoms with van der Waals surface area (Å²) in [4.78, 5) is 13.4. The number of rotatable bonds is 4. The maximum Gasteiger partial charge on any atom is 0.255 e. The van der Waals surface area contributed by atoms with E-state index in [9.17, 15) is 4.79 Å². The second kappa shape index (κ2) is 6.81. The van der Waals surface area contributed by atoms with Gasteiger partial charge in [0.15, 0.2) is 5.82 Å². The van der Waals surface area contributed by atoms with E-state index in [4.69, 9.17) is 4.74 Å². The molecule has 0 aliphatic heterocycles. The molecule has 7 nitrogen and oxygen atoms in total. The number of nitrogens with one attached hydrogen (secondary N) is 1. The van der Waals surface area contributed by atoms with Crippen LogP contribution in [-0.2, 0) is 0 Å². The molecule has 4 rings (SSSR count). The van der Waals surface area contributed by atoms with Crippen molar-refractivity contribution in [3.05, 3.63) is 59.4 Å². The molecule has 0 aliphatic carbocycles. The number of anilines is 1. The number of carbonyl (C=O) groups is 1. The van der Waals surface area contributed by atoms with Gasteiger partial charge in [-0.05, 0) is 43.7 Å². The highest BCUT2D eigenvalue weighted by Gasteiger charge is 2.13. The molecule has 0 radical (unpaired) electrons. The molecule has 0 aliphatic rings. The standard InChI is InChI=1S/C19H17N5O2S/c1-11-7-8-14(18-23-24-12(2)21-22-19(24)27-18)10-16(11)20-17(25)13-5-4-6-15(9-13)26-3/h4-10H,1-3H3,(H,20,25). The van der Waals surface area contributed by atoms with Crippen molar-refractivity contribution in [1.29, 1.82) is 0 Å². The number of hydrogen-bond acceptors (Lipinski definition) is 6. The van der Waals surface area contributed by atoms with Gasteiger partial charge in [-0.2, -0.15) is 9.61 Å². The lowest BCUT2D eigenvalue weighted by Gasteiger charge is -2.10. The maximum absolute atomic E-state index is 12.6. The molecule has 0 spiro atoms. The van der Waals surface area contributed by atoms with E-state index in [-0.39, 0.29) is 5.91 Å². The lowest BCUT2D eigenvalue weighted by molar-refractivity contribution is 0.102. The molecule has 0 fully saturated rings. The number of hydrogen-bond donors (Lipinski definition) is 1. The van der Waals surface area contributed by atoms with Crippen molar-refractivity contribution < 1.29 is 9.53 Å². The fourth-order valence-corrected chi connectivity index (χ4v) is 3.56. The summed E-state index contributed by atoms with van der Waals surface area (Å²) in [7, 11) is 1.58. The highest BCUT2D eigenvalue weighted by molar-refractivity contribution is 7.19. The summed E-state index contributed by atoms with van der Waals surface area (Å²) in [5, 5.41) is 16.4. The van der Waals surface area contributed by atoms with Gasteiger partial charge in [-0.3, -0.25) is 4.79 Å². The van der Waals surface area contributed by atoms with Crippen LogP contribution in [0.5, 0.6) is 5.75 Å². The predicted molar refractivity (Wildman–Crippen MR) is 105 cm³/mol. The van der Waals surface area contributed by atoms with Crippen molar-refractivity contribution in [2.45, 2.75) is 13.8 Å². The molecule has 2 aromatic carbocycles. The molecule has 0 saturated carbocycles. The molecule has 27 heavy (non-hydrogen) atoms. The van der Waals surface area contributed by atoms with Crippen molar-refractivity contribution in [2.24, 2.45) is 0 Å². The minimum atomic E-state index is -0.192. The summed E-state index contributed by atoms with van der Waals surface area (Å²) < 4.78 is 6.90. The lowest BCUT2D eigenvalue weighted by atomic mass is 10.1. The second-order valence-electron chi connectivity index (χ2n) is 6.06. The van der Waals surface area contributed by atoms with E-state index >= 15 is 0 Å². The first-order chi connectivity index (χ1) is 13.0. The van der Waals surface area contributed by atoms with Crippen LogP contribution in [0.4, 0.5) is 5.69 Å². The summed E-state index contributed by atoms with van der Waals surface area (Å²) in [6, 6.07) is 12.9. The van der Waals surface area contributed by atoms with Crippen LogP contribution in [0.3, 0.4) is 0 Å². The molecule has 2 heterocycles. The van der Waals surface area contributed by atoms with Gasteiger partial charge in [0.2, 0.25) is 4.96 Å². The minimum Gasteiger partial charge on any atom is -0.497 e. The molecule has 4 aromatic rings. The zero-order valence-corrected chi connectivity index (χ0v) is 15.9. The van der Waals surface area contributed by atoms with E-state index < -0.39 is 0 Å². The minimum absolute atomic E-state index is 0.192. The fraction of sp³-hybridized carbons (Fsp3) is 0.158. The van der Waals surface area contributed by atoms with Crippen molar-refractivity contribution in [3.63, 3.8) is 0 Å². The van der Waals surface area contributed by atoms with Gasteiger partial charge in [0.25, 0.3) is 5.91 Å². The van der Waals surface area contributed by atoms with Gasteiger partial charge in [-0.1, -0.05) is 29.5 Å². The Morgan fingerprint density at radius 3 is 2.78 bits per heavy atom. The van der Waals surface area contributed by atoms with Gasteiger partial charge in [0.1, 0.15) is 10.8 Å². The summed E-state index contributed by atoms with van der Waals surface area (Å²) in [6.45, 7) is 3.81. The van der Waals surface area contributed by atoms with Crippen molar-refractivity contribution in [2.75, 3.05) is 12.4 Å². The average Bonchev–Trinajstić information content (AvgIpc) is 3.26. The Labute approximate surface area is 159 Å². The third-order valence-electron chi connectivity index (χ3n) is 4.21. The molecular weight excluding hydrogens is 362 g/mol. The van der Waals surface area contributed by atoms with E-state index in [1.807, 2.05) is 32.0 Å². The number of benzene rings is 2. The number of nitrogens with zero attached hydrogens (tertiary/aromatic N) is 4. The van der Waals surface area contributed by atoms with E-state index in [1.54, 1.807) is 35.9 Å². The second-order valence-corrected chi connectivity index (χ2v) is 7.02. The summed E-state index contributed by atoms with van der Waals surface area (Å²) in [6.07, 6.45) is 0. The first-order valence-electron chi connectivity index (χ1n) is 8.30. The van der Waals surface area contributed by atoms with Gasteiger partial charge >= 0.3 is 0 Å². The van der Waals surface area contributed by atoms with Crippen molar-refractivity contribution in [1.82, 2.24) is 19.8 Å². The Hall–Kier alpha value is -3.26. The molecule has 2 aromatic heterocycles. The number of aryl methyl sites for hydroxylation is 2. The number of carbonyl (C=O) groups excluding carboxylic acids is 1. The quantitative estimate of drug-likeness (QED) is 0.584. The van der Waals surface area contributed by atoms with Gasteiger partial charge in [0, 0.05) is 16.8 Å². The molecule has 8 heteroatoms. The Bertz CT molecular complexity index is 1150. The predicted octanol–water partition coefficient (Wildman–Crippen LogP) is 3.73. The van der Waals surface area contributed by atoms with Crippen LogP contribution in [-0.4, -0.2) is 32.8 Å². The number of ether oxygens (including phenoxy) is 1. The Morgan fingerprint density at radius 1 is 1.15 bits per heavy atom. The Kier molecular flexibility index (Phi) is 4.33. The highest BCUT2D eigenvalue weighted by atomic mass is 32.1. The van der Waals surface area contributed by atoms with Crippen LogP contribution in [0.15, 0.2) is 42.5 Å². The largest absolute Gasteiger partial charge is 0.497 e. The third kappa shape index (κ3) is 3.26. The van der Waals surface area contributed by atoms with Gasteiger partial charge < -0.3 is 10.1 Å². The van der Waals surface area contributed by atoms with E-state index in [0.29, 0.717) is 11.3 Å². The Morgan fingerprint density at radius 2 is 2.00 bits per heavy atom. The molecule has 0 unspecified atom stereocenters. The smallest absolute Gasteiger partial charge is 0.255 e. The molecule has 1 amide bonds. The average molecular weight is 379 g/mol. The number of amides is 1. The van der Waals surface area contributed by atoms with Crippen molar-refractivity contribution in [3.8, 4) is 16.3 Å². The zero-order valence-electron chi connectivity index (χ0n) is 15.1. The first kappa shape index (κ1) is 17.2. The molecule has 0 atom stereocenters. The van der Waals surface area contributed by atoms with Crippen LogP contribution in [0.25, 0.3) is 15.5 Å². The van der Waals surface area contributed by atoms with E-state index in [2.05, 4.69) is 20.6 Å². The summed E-state index contributed by atoms with van der Waals surface area (Å²) >= 11 is 1.45. The summed E-state index contributed by atoms with van der Waals surface area (Å²) in [5.74, 6) is 1.19. The van der Waals surface area contributed by atoms with Crippen LogP contribution < -0.4 is 10.1 Å². The van der Waals surface area contributed by atoms with Gasteiger partial charge in [0.05, 0.1) is 7.11 Å². The van der Waals surface area contributed by atoms with Gasteiger partial charge in [-0.25, -0.2) is 0 Å². The van der Waals surface area contributed by atoms with Crippen molar-refractivity contribution >= 4 is 27.9 Å². The van der Waals surface area contributed by atoms with E-state index in [1.165, 1.54) is 11.3 Å². The van der Waals surface area contributed by atoms with Gasteiger partial charge in [-0.15, -0.1) is 10.2 Å². The molecule has 0 bridgehead atoms. The topological polar surface area (TPSA) is 81.4 Å². The number of aromatic nitrogens is 4. The molecule has 136 valence electrons. The monoisotopic (exact) mass is 379 g/mol. The lowest BCUT2D eigenvalue weighted by Crippen LogP contribution is -2.12. The normalized spacial score (nSPS) is 10.9. The van der Waals surface area contributed by atoms with Crippen LogP contribution in [0, 0.1) is 13.8 Å². The number of fused-ring (bicyclic) bond motifs is 1. The summed E-state index contributed by atoms with van der Waals surface area (Å²) in [5.41, 5.74) is 3.15. The molecule has 1 N–H and O–H groups in total. The maximum atomic E-state index is 12.6. The Balaban J connectivity index is 1.64. The van der Waals surface area contributed by atoms with E-state index in [0.717, 1.165) is 32.6 Å². The van der Waals surface area contributed by atoms with Crippen LogP contribution in [0.1, 0.15) is 21.7 Å². The van der Waals surface area contributed by atoms with Crippen LogP contribution in [0.2, 0.25) is 0 Å². The molecule has 0 saturated heterocycles. The highest BCUT2D eigenvalue weighted by Crippen LogP contribution is 2.29. The third-order valence-corrected chi connectivity index (χ3v) is 5.16. The fourth-order valence-electron chi connectivity index (χ4n) is 2.68. The zero-order chi connectivity index (χ0) is 19.0. The SMILES string of the molecule is COc1cccc(C(=O)Nc2cc(-c3nn4c(C)nnc4s3)ccc2C)c1. The van der Waals surface area contributed by atoms with Crippen LogP contribution >= 0.6 is 11.3 Å².